The van der Waals surface area contributed by atoms with Crippen LogP contribution in [0.25, 0.3) is 10.8 Å². The van der Waals surface area contributed by atoms with Crippen molar-refractivity contribution in [3.63, 3.8) is 0 Å². The lowest BCUT2D eigenvalue weighted by atomic mass is 10.2. The molecule has 148 valence electrons. The van der Waals surface area contributed by atoms with Crippen molar-refractivity contribution < 1.29 is 4.79 Å². The molecule has 28 heavy (non-hydrogen) atoms. The van der Waals surface area contributed by atoms with E-state index in [1.165, 1.54) is 10.4 Å². The zero-order chi connectivity index (χ0) is 18.6. The van der Waals surface area contributed by atoms with Crippen LogP contribution in [0.5, 0.6) is 0 Å². The lowest BCUT2D eigenvalue weighted by Gasteiger charge is -2.13. The maximum Gasteiger partial charge on any atom is 0.274 e. The van der Waals surface area contributed by atoms with E-state index < -0.39 is 0 Å². The number of aromatic nitrogens is 4. The number of hydrogen-bond donors (Lipinski definition) is 2. The first-order chi connectivity index (χ1) is 13.2. The highest BCUT2D eigenvalue weighted by Gasteiger charge is 2.12. The molecule has 1 aliphatic heterocycles. The molecular weight excluding hydrogens is 380 g/mol. The maximum atomic E-state index is 12.4. The molecule has 9 heteroatoms. The molecule has 8 nitrogen and oxygen atoms in total. The Bertz CT molecular complexity index is 1010. The highest BCUT2D eigenvalue weighted by atomic mass is 35.5. The number of halogens is 1. The zero-order valence-corrected chi connectivity index (χ0v) is 16.2. The van der Waals surface area contributed by atoms with E-state index in [0.29, 0.717) is 31.3 Å². The smallest absolute Gasteiger partial charge is 0.274 e. The Balaban J connectivity index is 0.00000225. The molecule has 2 aromatic heterocycles. The third-order valence-corrected chi connectivity index (χ3v) is 4.74. The normalized spacial score (nSPS) is 13.0. The molecule has 4 rings (SSSR count). The second kappa shape index (κ2) is 8.99. The van der Waals surface area contributed by atoms with Gasteiger partial charge in [0.15, 0.2) is 0 Å². The van der Waals surface area contributed by atoms with Gasteiger partial charge < -0.3 is 10.6 Å². The van der Waals surface area contributed by atoms with Gasteiger partial charge in [-0.15, -0.1) is 12.4 Å². The second-order valence-electron chi connectivity index (χ2n) is 6.64. The average Bonchev–Trinajstić information content (AvgIpc) is 3.11. The minimum atomic E-state index is -0.139. The molecule has 3 aromatic rings. The Morgan fingerprint density at radius 1 is 1.29 bits per heavy atom. The number of aryl methyl sites for hydroxylation is 1. The number of amides is 1. The molecule has 0 aliphatic carbocycles. The molecule has 0 unspecified atom stereocenters. The van der Waals surface area contributed by atoms with Gasteiger partial charge in [0.2, 0.25) is 5.91 Å². The molecule has 0 spiro atoms. The van der Waals surface area contributed by atoms with Gasteiger partial charge >= 0.3 is 0 Å². The van der Waals surface area contributed by atoms with Crippen LogP contribution in [0.15, 0.2) is 41.3 Å². The van der Waals surface area contributed by atoms with E-state index in [-0.39, 0.29) is 23.9 Å². The first-order valence-electron chi connectivity index (χ1n) is 9.18. The van der Waals surface area contributed by atoms with Crippen LogP contribution in [0.1, 0.15) is 17.8 Å². The fraction of sp³-hybridized carbons (Fsp3) is 0.368. The largest absolute Gasteiger partial charge is 0.354 e. The average molecular weight is 403 g/mol. The van der Waals surface area contributed by atoms with Crippen molar-refractivity contribution in [3.8, 4) is 0 Å². The fourth-order valence-electron chi connectivity index (χ4n) is 3.29. The number of fused-ring (bicyclic) bond motifs is 2. The molecule has 1 aliphatic rings. The van der Waals surface area contributed by atoms with E-state index in [2.05, 4.69) is 26.9 Å². The minimum absolute atomic E-state index is 0. The van der Waals surface area contributed by atoms with Crippen molar-refractivity contribution in [1.82, 2.24) is 30.2 Å². The summed E-state index contributed by atoms with van der Waals surface area (Å²) in [5.74, 6) is -0.0482. The maximum absolute atomic E-state index is 12.4. The summed E-state index contributed by atoms with van der Waals surface area (Å²) in [6, 6.07) is 9.41. The Labute approximate surface area is 168 Å². The zero-order valence-electron chi connectivity index (χ0n) is 15.4. The van der Waals surface area contributed by atoms with Gasteiger partial charge in [0, 0.05) is 37.9 Å². The predicted molar refractivity (Wildman–Crippen MR) is 109 cm³/mol. The number of carbonyl (C=O) groups excluding carboxylic acids is 1. The number of nitrogens with one attached hydrogen (secondary N) is 2. The van der Waals surface area contributed by atoms with Crippen molar-refractivity contribution in [2.24, 2.45) is 0 Å². The summed E-state index contributed by atoms with van der Waals surface area (Å²) >= 11 is 0. The van der Waals surface area contributed by atoms with Gasteiger partial charge in [0.1, 0.15) is 0 Å². The Morgan fingerprint density at radius 3 is 3.00 bits per heavy atom. The molecule has 0 atom stereocenters. The molecule has 1 aromatic carbocycles. The van der Waals surface area contributed by atoms with Gasteiger partial charge in [-0.2, -0.15) is 10.2 Å². The van der Waals surface area contributed by atoms with Crippen LogP contribution in [0, 0.1) is 0 Å². The molecule has 0 bridgehead atoms. The number of nitrogens with zero attached hydrogens (tertiary/aromatic N) is 4. The van der Waals surface area contributed by atoms with Crippen molar-refractivity contribution in [2.75, 3.05) is 13.1 Å². The Kier molecular flexibility index (Phi) is 6.43. The molecule has 2 N–H and O–H groups in total. The monoisotopic (exact) mass is 402 g/mol. The van der Waals surface area contributed by atoms with E-state index >= 15 is 0 Å². The first-order valence-corrected chi connectivity index (χ1v) is 9.18. The molecule has 0 saturated carbocycles. The van der Waals surface area contributed by atoms with Crippen LogP contribution >= 0.6 is 12.4 Å². The van der Waals surface area contributed by atoms with Crippen molar-refractivity contribution in [2.45, 2.75) is 32.5 Å². The summed E-state index contributed by atoms with van der Waals surface area (Å²) in [6.45, 7) is 3.34. The van der Waals surface area contributed by atoms with Crippen molar-refractivity contribution >= 4 is 29.1 Å². The van der Waals surface area contributed by atoms with Gasteiger partial charge in [0.05, 0.1) is 36.1 Å². The van der Waals surface area contributed by atoms with Crippen LogP contribution in [0.2, 0.25) is 0 Å². The van der Waals surface area contributed by atoms with Crippen molar-refractivity contribution in [1.29, 1.82) is 0 Å². The molecular formula is C19H23ClN6O2. The van der Waals surface area contributed by atoms with Crippen molar-refractivity contribution in [3.05, 3.63) is 58.3 Å². The van der Waals surface area contributed by atoms with Gasteiger partial charge in [-0.3, -0.25) is 14.3 Å². The third-order valence-electron chi connectivity index (χ3n) is 4.74. The third kappa shape index (κ3) is 4.40. The molecule has 0 fully saturated rings. The van der Waals surface area contributed by atoms with E-state index in [4.69, 9.17) is 0 Å². The van der Waals surface area contributed by atoms with E-state index in [1.54, 1.807) is 12.3 Å². The Hall–Kier alpha value is -2.71. The highest BCUT2D eigenvalue weighted by Crippen LogP contribution is 2.09. The number of rotatable bonds is 6. The number of carbonyl (C=O) groups is 1. The number of benzene rings is 1. The van der Waals surface area contributed by atoms with Crippen LogP contribution < -0.4 is 16.2 Å². The second-order valence-corrected chi connectivity index (χ2v) is 6.64. The van der Waals surface area contributed by atoms with E-state index in [9.17, 15) is 9.59 Å². The summed E-state index contributed by atoms with van der Waals surface area (Å²) in [6.07, 6.45) is 2.66. The molecule has 0 radical (unpaired) electrons. The van der Waals surface area contributed by atoms with Crippen LogP contribution in [-0.4, -0.2) is 38.6 Å². The van der Waals surface area contributed by atoms with Gasteiger partial charge in [0.25, 0.3) is 5.56 Å². The number of hydrogen-bond acceptors (Lipinski definition) is 5. The lowest BCUT2D eigenvalue weighted by Crippen LogP contribution is -2.32. The van der Waals surface area contributed by atoms with Crippen LogP contribution in [-0.2, 0) is 30.8 Å². The summed E-state index contributed by atoms with van der Waals surface area (Å²) < 4.78 is 3.39. The molecule has 0 saturated heterocycles. The topological polar surface area (TPSA) is 93.8 Å². The van der Waals surface area contributed by atoms with Gasteiger partial charge in [-0.25, -0.2) is 4.68 Å². The summed E-state index contributed by atoms with van der Waals surface area (Å²) in [7, 11) is 0. The lowest BCUT2D eigenvalue weighted by molar-refractivity contribution is -0.121. The summed E-state index contributed by atoms with van der Waals surface area (Å²) in [5, 5.41) is 16.3. The molecule has 1 amide bonds. The summed E-state index contributed by atoms with van der Waals surface area (Å²) in [5.41, 5.74) is 1.97. The van der Waals surface area contributed by atoms with Gasteiger partial charge in [-0.1, -0.05) is 18.2 Å². The Morgan fingerprint density at radius 2 is 2.14 bits per heavy atom. The SMILES string of the molecule is Cl.O=C(CCc1cc2n(n1)CCNC2)NCCn1ncc2ccccc2c1=O. The highest BCUT2D eigenvalue weighted by molar-refractivity contribution is 5.85. The first kappa shape index (κ1) is 20.0. The van der Waals surface area contributed by atoms with E-state index in [1.807, 2.05) is 22.9 Å². The fourth-order valence-corrected chi connectivity index (χ4v) is 3.29. The van der Waals surface area contributed by atoms with E-state index in [0.717, 1.165) is 30.7 Å². The summed E-state index contributed by atoms with van der Waals surface area (Å²) in [4.78, 5) is 24.5. The minimum Gasteiger partial charge on any atom is -0.354 e. The predicted octanol–water partition coefficient (Wildman–Crippen LogP) is 0.867. The van der Waals surface area contributed by atoms with Gasteiger partial charge in [-0.05, 0) is 12.1 Å². The van der Waals surface area contributed by atoms with Crippen LogP contribution in [0.4, 0.5) is 0 Å². The standard InChI is InChI=1S/C19H22N6O2.ClH/c26-18(6-5-15-11-16-13-20-7-9-24(16)23-15)21-8-10-25-19(27)17-4-2-1-3-14(17)12-22-25;/h1-4,11-12,20H,5-10,13H2,(H,21,26);1H. The quantitative estimate of drug-likeness (QED) is 0.638. The molecule has 3 heterocycles. The van der Waals surface area contributed by atoms with Crippen LogP contribution in [0.3, 0.4) is 0 Å².